The van der Waals surface area contributed by atoms with Gasteiger partial charge in [0, 0.05) is 24.8 Å². The minimum absolute atomic E-state index is 0.112. The van der Waals surface area contributed by atoms with Gasteiger partial charge in [0.05, 0.1) is 5.56 Å². The van der Waals surface area contributed by atoms with Crippen LogP contribution < -0.4 is 10.6 Å². The molecule has 1 aromatic carbocycles. The smallest absolute Gasteiger partial charge is 0.370 e. The van der Waals surface area contributed by atoms with Crippen molar-refractivity contribution in [2.45, 2.75) is 32.0 Å². The fourth-order valence-electron chi connectivity index (χ4n) is 2.42. The Morgan fingerprint density at radius 3 is 2.61 bits per heavy atom. The van der Waals surface area contributed by atoms with Gasteiger partial charge in [0.25, 0.3) is 0 Å². The summed E-state index contributed by atoms with van der Waals surface area (Å²) < 4.78 is 37.7. The van der Waals surface area contributed by atoms with Crippen LogP contribution in [0.3, 0.4) is 0 Å². The van der Waals surface area contributed by atoms with E-state index in [1.165, 1.54) is 6.07 Å². The highest BCUT2D eigenvalue weighted by Crippen LogP contribution is 2.33. The second-order valence-corrected chi connectivity index (χ2v) is 4.85. The highest BCUT2D eigenvalue weighted by molar-refractivity contribution is 5.55. The number of rotatable bonds is 1. The molecule has 1 fully saturated rings. The van der Waals surface area contributed by atoms with E-state index in [0.717, 1.165) is 31.1 Å². The van der Waals surface area contributed by atoms with Crippen molar-refractivity contribution >= 4 is 5.69 Å². The summed E-state index contributed by atoms with van der Waals surface area (Å²) in [5, 5.41) is 0. The fourth-order valence-corrected chi connectivity index (χ4v) is 2.42. The Hall–Kier alpha value is -1.23. The number of nitrogens with zero attached hydrogens (tertiary/aromatic N) is 1. The van der Waals surface area contributed by atoms with Crippen molar-refractivity contribution in [3.63, 3.8) is 0 Å². The van der Waals surface area contributed by atoms with Crippen molar-refractivity contribution in [2.24, 2.45) is 5.73 Å². The standard InChI is InChI=1S/C13H17F3N2/c1-9-7-10(13(14,15)16)4-5-12(9)18-6-2-3-11(17)8-18/h4-5,7,11H,2-3,6,8,17H2,1H3. The van der Waals surface area contributed by atoms with E-state index in [1.54, 1.807) is 13.0 Å². The number of halogens is 3. The van der Waals surface area contributed by atoms with Crippen molar-refractivity contribution in [3.05, 3.63) is 29.3 Å². The zero-order valence-electron chi connectivity index (χ0n) is 10.3. The van der Waals surface area contributed by atoms with Gasteiger partial charge in [-0.3, -0.25) is 0 Å². The number of aryl methyl sites for hydroxylation is 1. The molecule has 1 atom stereocenters. The van der Waals surface area contributed by atoms with Crippen molar-refractivity contribution in [1.82, 2.24) is 0 Å². The maximum atomic E-state index is 12.6. The van der Waals surface area contributed by atoms with Crippen LogP contribution in [0.1, 0.15) is 24.0 Å². The molecular weight excluding hydrogens is 241 g/mol. The summed E-state index contributed by atoms with van der Waals surface area (Å²) in [6.07, 6.45) is -2.31. The maximum Gasteiger partial charge on any atom is 0.416 e. The summed E-state index contributed by atoms with van der Waals surface area (Å²) in [6, 6.07) is 4.01. The predicted octanol–water partition coefficient (Wildman–Crippen LogP) is 2.94. The van der Waals surface area contributed by atoms with Gasteiger partial charge >= 0.3 is 6.18 Å². The lowest BCUT2D eigenvalue weighted by Crippen LogP contribution is -2.43. The molecule has 18 heavy (non-hydrogen) atoms. The highest BCUT2D eigenvalue weighted by Gasteiger charge is 2.31. The quantitative estimate of drug-likeness (QED) is 0.839. The van der Waals surface area contributed by atoms with Crippen LogP contribution in [0.25, 0.3) is 0 Å². The van der Waals surface area contributed by atoms with Gasteiger partial charge in [0.1, 0.15) is 0 Å². The molecular formula is C13H17F3N2. The number of piperidine rings is 1. The third-order valence-electron chi connectivity index (χ3n) is 3.32. The molecule has 0 aromatic heterocycles. The Bertz CT molecular complexity index is 429. The molecule has 1 heterocycles. The lowest BCUT2D eigenvalue weighted by atomic mass is 10.0. The van der Waals surface area contributed by atoms with Gasteiger partial charge in [0.15, 0.2) is 0 Å². The molecule has 0 saturated carbocycles. The van der Waals surface area contributed by atoms with Gasteiger partial charge in [-0.2, -0.15) is 13.2 Å². The molecule has 0 bridgehead atoms. The van der Waals surface area contributed by atoms with Crippen molar-refractivity contribution in [3.8, 4) is 0 Å². The Morgan fingerprint density at radius 2 is 2.06 bits per heavy atom. The molecule has 100 valence electrons. The van der Waals surface area contributed by atoms with Gasteiger partial charge in [-0.1, -0.05) is 0 Å². The summed E-state index contributed by atoms with van der Waals surface area (Å²) in [6.45, 7) is 3.29. The fraction of sp³-hybridized carbons (Fsp3) is 0.538. The van der Waals surface area contributed by atoms with Crippen molar-refractivity contribution in [2.75, 3.05) is 18.0 Å². The molecule has 1 aromatic rings. The first-order chi connectivity index (χ1) is 8.38. The van der Waals surface area contributed by atoms with E-state index in [1.807, 2.05) is 0 Å². The van der Waals surface area contributed by atoms with Gasteiger partial charge < -0.3 is 10.6 Å². The zero-order valence-corrected chi connectivity index (χ0v) is 10.3. The van der Waals surface area contributed by atoms with E-state index in [0.29, 0.717) is 12.1 Å². The monoisotopic (exact) mass is 258 g/mol. The number of hydrogen-bond acceptors (Lipinski definition) is 2. The van der Waals surface area contributed by atoms with Crippen LogP contribution in [-0.4, -0.2) is 19.1 Å². The first kappa shape index (κ1) is 13.2. The zero-order chi connectivity index (χ0) is 13.3. The first-order valence-corrected chi connectivity index (χ1v) is 6.06. The van der Waals surface area contributed by atoms with E-state index in [9.17, 15) is 13.2 Å². The van der Waals surface area contributed by atoms with E-state index in [4.69, 9.17) is 5.73 Å². The minimum atomic E-state index is -4.28. The van der Waals surface area contributed by atoms with E-state index in [2.05, 4.69) is 4.90 Å². The van der Waals surface area contributed by atoms with Crippen LogP contribution in [-0.2, 0) is 6.18 Å². The average molecular weight is 258 g/mol. The average Bonchev–Trinajstić information content (AvgIpc) is 2.27. The van der Waals surface area contributed by atoms with Crippen LogP contribution in [0.5, 0.6) is 0 Å². The maximum absolute atomic E-state index is 12.6. The van der Waals surface area contributed by atoms with Crippen LogP contribution >= 0.6 is 0 Å². The molecule has 1 aliphatic heterocycles. The summed E-state index contributed by atoms with van der Waals surface area (Å²) >= 11 is 0. The summed E-state index contributed by atoms with van der Waals surface area (Å²) in [5.74, 6) is 0. The van der Waals surface area contributed by atoms with E-state index in [-0.39, 0.29) is 6.04 Å². The van der Waals surface area contributed by atoms with Crippen LogP contribution in [0.2, 0.25) is 0 Å². The second-order valence-electron chi connectivity index (χ2n) is 4.85. The number of benzene rings is 1. The predicted molar refractivity (Wildman–Crippen MR) is 65.6 cm³/mol. The molecule has 0 radical (unpaired) electrons. The Kier molecular flexibility index (Phi) is 3.52. The molecule has 1 unspecified atom stereocenters. The molecule has 0 aliphatic carbocycles. The summed E-state index contributed by atoms with van der Waals surface area (Å²) in [4.78, 5) is 2.07. The Labute approximate surface area is 105 Å². The van der Waals surface area contributed by atoms with Crippen LogP contribution in [0, 0.1) is 6.92 Å². The van der Waals surface area contributed by atoms with Gasteiger partial charge in [-0.25, -0.2) is 0 Å². The molecule has 0 spiro atoms. The third kappa shape index (κ3) is 2.77. The molecule has 2 N–H and O–H groups in total. The SMILES string of the molecule is Cc1cc(C(F)(F)F)ccc1N1CCCC(N)C1. The van der Waals surface area contributed by atoms with Crippen molar-refractivity contribution < 1.29 is 13.2 Å². The largest absolute Gasteiger partial charge is 0.416 e. The molecule has 5 heteroatoms. The molecule has 1 aliphatic rings. The topological polar surface area (TPSA) is 29.3 Å². The number of alkyl halides is 3. The van der Waals surface area contributed by atoms with Gasteiger partial charge in [0.2, 0.25) is 0 Å². The highest BCUT2D eigenvalue weighted by atomic mass is 19.4. The summed E-state index contributed by atoms with van der Waals surface area (Å²) in [5.41, 5.74) is 6.81. The van der Waals surface area contributed by atoms with E-state index < -0.39 is 11.7 Å². The molecule has 2 rings (SSSR count). The lowest BCUT2D eigenvalue weighted by molar-refractivity contribution is -0.137. The molecule has 1 saturated heterocycles. The van der Waals surface area contributed by atoms with Crippen molar-refractivity contribution in [1.29, 1.82) is 0 Å². The first-order valence-electron chi connectivity index (χ1n) is 6.06. The number of hydrogen-bond donors (Lipinski definition) is 1. The lowest BCUT2D eigenvalue weighted by Gasteiger charge is -2.33. The minimum Gasteiger partial charge on any atom is -0.370 e. The Morgan fingerprint density at radius 1 is 1.33 bits per heavy atom. The second kappa shape index (κ2) is 4.80. The molecule has 2 nitrogen and oxygen atoms in total. The normalized spacial score (nSPS) is 21.2. The molecule has 0 amide bonds. The van der Waals surface area contributed by atoms with Gasteiger partial charge in [-0.05, 0) is 43.5 Å². The third-order valence-corrected chi connectivity index (χ3v) is 3.32. The summed E-state index contributed by atoms with van der Waals surface area (Å²) in [7, 11) is 0. The van der Waals surface area contributed by atoms with Crippen LogP contribution in [0.4, 0.5) is 18.9 Å². The Balaban J connectivity index is 2.24. The van der Waals surface area contributed by atoms with E-state index >= 15 is 0 Å². The number of nitrogens with two attached hydrogens (primary N) is 1. The number of anilines is 1. The van der Waals surface area contributed by atoms with Gasteiger partial charge in [-0.15, -0.1) is 0 Å². The van der Waals surface area contributed by atoms with Crippen LogP contribution in [0.15, 0.2) is 18.2 Å².